The van der Waals surface area contributed by atoms with Crippen molar-refractivity contribution in [3.05, 3.63) is 12.2 Å². The van der Waals surface area contributed by atoms with Crippen LogP contribution in [0.3, 0.4) is 0 Å². The Balaban J connectivity index is 4.10. The Morgan fingerprint density at radius 1 is 1.47 bits per heavy atom. The molecule has 0 rings (SSSR count). The number of hydrogen-bond donors (Lipinski definition) is 2. The van der Waals surface area contributed by atoms with Gasteiger partial charge < -0.3 is 10.8 Å². The summed E-state index contributed by atoms with van der Waals surface area (Å²) in [5.74, 6) is -1.91. The van der Waals surface area contributed by atoms with E-state index in [9.17, 15) is 9.59 Å². The van der Waals surface area contributed by atoms with E-state index < -0.39 is 11.9 Å². The Kier molecular flexibility index (Phi) is 7.54. The number of unbranched alkanes of at least 4 members (excludes halogenated alkanes) is 2. The van der Waals surface area contributed by atoms with Crippen LogP contribution in [-0.2, 0) is 9.59 Å². The van der Waals surface area contributed by atoms with Gasteiger partial charge in [-0.3, -0.25) is 9.59 Å². The molecule has 1 unspecified atom stereocenters. The molecule has 86 valence electrons. The van der Waals surface area contributed by atoms with Crippen molar-refractivity contribution in [2.24, 2.45) is 11.7 Å². The second-order valence-corrected chi connectivity index (χ2v) is 3.46. The Hall–Kier alpha value is -1.16. The third kappa shape index (κ3) is 6.85. The van der Waals surface area contributed by atoms with Crippen molar-refractivity contribution in [1.29, 1.82) is 0 Å². The van der Waals surface area contributed by atoms with Crippen LogP contribution in [0.1, 0.15) is 32.6 Å². The lowest BCUT2D eigenvalue weighted by atomic mass is 10.0. The van der Waals surface area contributed by atoms with Gasteiger partial charge in [-0.05, 0) is 6.42 Å². The second-order valence-electron chi connectivity index (χ2n) is 3.46. The van der Waals surface area contributed by atoms with Crippen molar-refractivity contribution in [1.82, 2.24) is 0 Å². The highest BCUT2D eigenvalue weighted by Crippen LogP contribution is 2.07. The van der Waals surface area contributed by atoms with Gasteiger partial charge in [0.05, 0.1) is 12.5 Å². The van der Waals surface area contributed by atoms with Gasteiger partial charge in [0.15, 0.2) is 0 Å². The molecule has 0 aromatic heterocycles. The molecule has 0 aliphatic carbocycles. The number of Topliss-reactive ketones (excluding diaryl/α,β-unsaturated/α-hetero) is 1. The molecule has 0 aliphatic heterocycles. The van der Waals surface area contributed by atoms with Crippen molar-refractivity contribution in [2.75, 3.05) is 6.54 Å². The second kappa shape index (κ2) is 8.17. The van der Waals surface area contributed by atoms with Crippen molar-refractivity contribution < 1.29 is 14.7 Å². The summed E-state index contributed by atoms with van der Waals surface area (Å²) in [7, 11) is 0. The number of hydrogen-bond acceptors (Lipinski definition) is 3. The molecule has 0 aliphatic rings. The molecule has 3 N–H and O–H groups in total. The lowest BCUT2D eigenvalue weighted by molar-refractivity contribution is -0.141. The van der Waals surface area contributed by atoms with Crippen molar-refractivity contribution >= 4 is 11.8 Å². The molecule has 4 nitrogen and oxygen atoms in total. The quantitative estimate of drug-likeness (QED) is 0.471. The summed E-state index contributed by atoms with van der Waals surface area (Å²) in [5.41, 5.74) is 5.13. The van der Waals surface area contributed by atoms with Gasteiger partial charge in [-0.1, -0.05) is 31.9 Å². The first-order valence-electron chi connectivity index (χ1n) is 5.23. The third-order valence-corrected chi connectivity index (χ3v) is 2.09. The summed E-state index contributed by atoms with van der Waals surface area (Å²) < 4.78 is 0. The van der Waals surface area contributed by atoms with E-state index in [2.05, 4.69) is 6.92 Å². The summed E-state index contributed by atoms with van der Waals surface area (Å²) >= 11 is 0. The van der Waals surface area contributed by atoms with Crippen molar-refractivity contribution in [3.63, 3.8) is 0 Å². The molecule has 0 spiro atoms. The third-order valence-electron chi connectivity index (χ3n) is 2.09. The number of carboxylic acid groups (broad SMARTS) is 1. The van der Waals surface area contributed by atoms with E-state index in [1.54, 1.807) is 6.08 Å². The minimum absolute atomic E-state index is 0.00550. The molecule has 0 bridgehead atoms. The Morgan fingerprint density at radius 2 is 2.13 bits per heavy atom. The molecular formula is C11H19NO3. The number of carbonyl (C=O) groups is 2. The number of allylic oxidation sites excluding steroid dienone is 1. The first-order valence-corrected chi connectivity index (χ1v) is 5.23. The minimum atomic E-state index is -0.968. The maximum absolute atomic E-state index is 11.0. The van der Waals surface area contributed by atoms with E-state index >= 15 is 0 Å². The van der Waals surface area contributed by atoms with E-state index in [4.69, 9.17) is 10.8 Å². The number of carbonyl (C=O) groups excluding carboxylic acids is 1. The number of ketones is 1. The lowest BCUT2D eigenvalue weighted by Crippen LogP contribution is -2.21. The summed E-state index contributed by atoms with van der Waals surface area (Å²) in [4.78, 5) is 21.8. The Morgan fingerprint density at radius 3 is 2.60 bits per heavy atom. The van der Waals surface area contributed by atoms with E-state index in [0.717, 1.165) is 19.3 Å². The molecule has 0 saturated heterocycles. The maximum Gasteiger partial charge on any atom is 0.310 e. The smallest absolute Gasteiger partial charge is 0.310 e. The number of nitrogens with two attached hydrogens (primary N) is 1. The molecule has 0 heterocycles. The van der Waals surface area contributed by atoms with Gasteiger partial charge in [0.2, 0.25) is 0 Å². The maximum atomic E-state index is 11.0. The van der Waals surface area contributed by atoms with Crippen LogP contribution in [0, 0.1) is 5.92 Å². The predicted molar refractivity (Wildman–Crippen MR) is 58.5 cm³/mol. The van der Waals surface area contributed by atoms with Gasteiger partial charge in [-0.25, -0.2) is 0 Å². The molecule has 0 aromatic carbocycles. The summed E-state index contributed by atoms with van der Waals surface area (Å²) in [6, 6.07) is 0. The van der Waals surface area contributed by atoms with Gasteiger partial charge in [-0.15, -0.1) is 0 Å². The zero-order chi connectivity index (χ0) is 11.7. The number of rotatable bonds is 8. The fourth-order valence-electron chi connectivity index (χ4n) is 1.15. The molecule has 4 heteroatoms. The molecule has 0 amide bonds. The lowest BCUT2D eigenvalue weighted by Gasteiger charge is -2.05. The fourth-order valence-corrected chi connectivity index (χ4v) is 1.15. The standard InChI is InChI=1S/C11H19NO3/c1-2-3-4-5-6-9(11(14)15)7-10(13)8-12/h5-6,9H,2-4,7-8,12H2,1H3,(H,14,15)/b6-5+. The Bertz CT molecular complexity index is 236. The summed E-state index contributed by atoms with van der Waals surface area (Å²) in [6.45, 7) is 1.98. The summed E-state index contributed by atoms with van der Waals surface area (Å²) in [5, 5.41) is 8.83. The monoisotopic (exact) mass is 213 g/mol. The average molecular weight is 213 g/mol. The van der Waals surface area contributed by atoms with E-state index in [1.165, 1.54) is 0 Å². The molecule has 15 heavy (non-hydrogen) atoms. The molecule has 1 atom stereocenters. The van der Waals surface area contributed by atoms with Crippen molar-refractivity contribution in [2.45, 2.75) is 32.6 Å². The topological polar surface area (TPSA) is 80.4 Å². The van der Waals surface area contributed by atoms with Gasteiger partial charge in [0.25, 0.3) is 0 Å². The molecule has 0 radical (unpaired) electrons. The number of aliphatic carboxylic acids is 1. The van der Waals surface area contributed by atoms with Gasteiger partial charge in [0.1, 0.15) is 5.78 Å². The molecule has 0 fully saturated rings. The zero-order valence-corrected chi connectivity index (χ0v) is 9.11. The highest BCUT2D eigenvalue weighted by Gasteiger charge is 2.16. The highest BCUT2D eigenvalue weighted by atomic mass is 16.4. The van der Waals surface area contributed by atoms with Crippen LogP contribution >= 0.6 is 0 Å². The van der Waals surface area contributed by atoms with E-state index in [1.807, 2.05) is 6.08 Å². The molecule has 0 saturated carbocycles. The largest absolute Gasteiger partial charge is 0.481 e. The fraction of sp³-hybridized carbons (Fsp3) is 0.636. The Labute approximate surface area is 90.2 Å². The van der Waals surface area contributed by atoms with Crippen LogP contribution in [0.25, 0.3) is 0 Å². The van der Waals surface area contributed by atoms with Crippen LogP contribution in [0.5, 0.6) is 0 Å². The van der Waals surface area contributed by atoms with Crippen LogP contribution in [0.15, 0.2) is 12.2 Å². The zero-order valence-electron chi connectivity index (χ0n) is 9.11. The van der Waals surface area contributed by atoms with Gasteiger partial charge in [0, 0.05) is 6.42 Å². The SMILES string of the molecule is CCCC/C=C/C(CC(=O)CN)C(=O)O. The molecule has 0 aromatic rings. The average Bonchev–Trinajstić information content (AvgIpc) is 2.21. The first kappa shape index (κ1) is 13.8. The van der Waals surface area contributed by atoms with Crippen molar-refractivity contribution in [3.8, 4) is 0 Å². The van der Waals surface area contributed by atoms with Crippen LogP contribution in [0.4, 0.5) is 0 Å². The van der Waals surface area contributed by atoms with Crippen LogP contribution < -0.4 is 5.73 Å². The predicted octanol–water partition coefficient (Wildman–Crippen LogP) is 1.35. The minimum Gasteiger partial charge on any atom is -0.481 e. The van der Waals surface area contributed by atoms with Crippen LogP contribution in [0.2, 0.25) is 0 Å². The van der Waals surface area contributed by atoms with E-state index in [0.29, 0.717) is 0 Å². The molecular weight excluding hydrogens is 194 g/mol. The van der Waals surface area contributed by atoms with Gasteiger partial charge >= 0.3 is 5.97 Å². The first-order chi connectivity index (χ1) is 7.11. The summed E-state index contributed by atoms with van der Waals surface area (Å²) in [6.07, 6.45) is 6.38. The van der Waals surface area contributed by atoms with E-state index in [-0.39, 0.29) is 18.7 Å². The van der Waals surface area contributed by atoms with Gasteiger partial charge in [-0.2, -0.15) is 0 Å². The normalized spacial score (nSPS) is 12.9. The number of carboxylic acids is 1. The highest BCUT2D eigenvalue weighted by molar-refractivity contribution is 5.85. The van der Waals surface area contributed by atoms with Crippen LogP contribution in [-0.4, -0.2) is 23.4 Å².